The van der Waals surface area contributed by atoms with Gasteiger partial charge in [-0.15, -0.1) is 5.10 Å². The number of aromatic nitrogens is 6. The van der Waals surface area contributed by atoms with Gasteiger partial charge in [0, 0.05) is 48.5 Å². The predicted molar refractivity (Wildman–Crippen MR) is 116 cm³/mol. The van der Waals surface area contributed by atoms with Crippen LogP contribution in [0.25, 0.3) is 22.4 Å². The van der Waals surface area contributed by atoms with Crippen molar-refractivity contribution < 1.29 is 17.9 Å². The number of nitrogens with zero attached hydrogens (tertiary/aromatic N) is 6. The van der Waals surface area contributed by atoms with E-state index in [1.165, 1.54) is 24.5 Å². The molecule has 3 aromatic heterocycles. The second kappa shape index (κ2) is 9.59. The van der Waals surface area contributed by atoms with Crippen LogP contribution in [0.1, 0.15) is 24.7 Å². The van der Waals surface area contributed by atoms with Crippen LogP contribution in [0.2, 0.25) is 5.02 Å². The standard InChI is InChI=1S/C21H19ClF3N7O/c1-33-7-6-18(31-10-13(9-28-31)17-11-32(21(24)25)30-29-17)16-5-2-12(8-27-16)19-15(26)4-3-14(22)20(19)23/h2-5,8-11,18,21H,6-7,26H2,1H3. The summed E-state index contributed by atoms with van der Waals surface area (Å²) in [7, 11) is 1.58. The van der Waals surface area contributed by atoms with Gasteiger partial charge in [-0.25, -0.2) is 4.39 Å². The van der Waals surface area contributed by atoms with E-state index in [0.717, 1.165) is 6.20 Å². The number of halogens is 4. The largest absolute Gasteiger partial charge is 0.398 e. The Balaban J connectivity index is 1.65. The van der Waals surface area contributed by atoms with Gasteiger partial charge in [0.05, 0.1) is 29.2 Å². The van der Waals surface area contributed by atoms with Gasteiger partial charge in [-0.2, -0.15) is 18.6 Å². The lowest BCUT2D eigenvalue weighted by atomic mass is 10.0. The summed E-state index contributed by atoms with van der Waals surface area (Å²) in [5, 5.41) is 11.5. The zero-order chi connectivity index (χ0) is 23.5. The number of benzene rings is 1. The molecule has 0 amide bonds. The number of nitrogens with two attached hydrogens (primary N) is 1. The van der Waals surface area contributed by atoms with E-state index in [9.17, 15) is 13.2 Å². The Labute approximate surface area is 191 Å². The van der Waals surface area contributed by atoms with Gasteiger partial charge >= 0.3 is 6.55 Å². The molecule has 3 heterocycles. The Morgan fingerprint density at radius 1 is 1.09 bits per heavy atom. The number of methoxy groups -OCH3 is 1. The number of alkyl halides is 2. The molecule has 8 nitrogen and oxygen atoms in total. The first kappa shape index (κ1) is 22.7. The van der Waals surface area contributed by atoms with Crippen molar-refractivity contribution in [3.05, 3.63) is 65.6 Å². The minimum absolute atomic E-state index is 0.0332. The summed E-state index contributed by atoms with van der Waals surface area (Å²) in [6.45, 7) is -2.36. The third-order valence-electron chi connectivity index (χ3n) is 5.07. The van der Waals surface area contributed by atoms with Gasteiger partial charge in [0.1, 0.15) is 5.69 Å². The van der Waals surface area contributed by atoms with Crippen molar-refractivity contribution in [1.29, 1.82) is 0 Å². The molecule has 33 heavy (non-hydrogen) atoms. The molecule has 1 atom stereocenters. The van der Waals surface area contributed by atoms with Gasteiger partial charge in [-0.3, -0.25) is 9.67 Å². The van der Waals surface area contributed by atoms with Gasteiger partial charge in [-0.05, 0) is 24.6 Å². The van der Waals surface area contributed by atoms with Crippen molar-refractivity contribution >= 4 is 17.3 Å². The molecule has 4 aromatic rings. The molecule has 0 aliphatic heterocycles. The molecule has 0 saturated carbocycles. The first-order chi connectivity index (χ1) is 15.9. The first-order valence-corrected chi connectivity index (χ1v) is 10.2. The van der Waals surface area contributed by atoms with Crippen LogP contribution >= 0.6 is 11.6 Å². The van der Waals surface area contributed by atoms with E-state index in [1.807, 2.05) is 0 Å². The van der Waals surface area contributed by atoms with E-state index in [0.29, 0.717) is 34.5 Å². The number of rotatable bonds is 8. The summed E-state index contributed by atoms with van der Waals surface area (Å²) >= 11 is 5.90. The maximum absolute atomic E-state index is 14.5. The van der Waals surface area contributed by atoms with Crippen LogP contribution < -0.4 is 5.73 Å². The molecule has 172 valence electrons. The van der Waals surface area contributed by atoms with Crippen molar-refractivity contribution in [3.63, 3.8) is 0 Å². The lowest BCUT2D eigenvalue weighted by Crippen LogP contribution is -2.15. The fraction of sp³-hybridized carbons (Fsp3) is 0.238. The summed E-state index contributed by atoms with van der Waals surface area (Å²) < 4.78 is 47.4. The molecule has 0 aliphatic rings. The topological polar surface area (TPSA) is 96.7 Å². The Morgan fingerprint density at radius 2 is 1.91 bits per heavy atom. The van der Waals surface area contributed by atoms with Gasteiger partial charge < -0.3 is 10.5 Å². The molecule has 0 saturated heterocycles. The van der Waals surface area contributed by atoms with E-state index in [-0.39, 0.29) is 28.0 Å². The minimum Gasteiger partial charge on any atom is -0.398 e. The normalized spacial score (nSPS) is 12.4. The summed E-state index contributed by atoms with van der Waals surface area (Å²) in [5.74, 6) is -0.615. The van der Waals surface area contributed by atoms with Gasteiger partial charge in [-0.1, -0.05) is 22.9 Å². The summed E-state index contributed by atoms with van der Waals surface area (Å²) in [6, 6.07) is 6.04. The predicted octanol–water partition coefficient (Wildman–Crippen LogP) is 4.60. The van der Waals surface area contributed by atoms with Crippen LogP contribution in [0.3, 0.4) is 0 Å². The minimum atomic E-state index is -2.78. The monoisotopic (exact) mass is 477 g/mol. The number of hydrogen-bond acceptors (Lipinski definition) is 6. The quantitative estimate of drug-likeness (QED) is 0.372. The summed E-state index contributed by atoms with van der Waals surface area (Å²) in [6.07, 6.45) is 6.37. The van der Waals surface area contributed by atoms with Crippen molar-refractivity contribution in [1.82, 2.24) is 29.8 Å². The van der Waals surface area contributed by atoms with E-state index in [4.69, 9.17) is 22.1 Å². The first-order valence-electron chi connectivity index (χ1n) is 9.82. The van der Waals surface area contributed by atoms with E-state index in [2.05, 4.69) is 20.4 Å². The van der Waals surface area contributed by atoms with Gasteiger partial charge in [0.25, 0.3) is 0 Å². The van der Waals surface area contributed by atoms with Crippen LogP contribution in [-0.4, -0.2) is 43.5 Å². The molecule has 0 bridgehead atoms. The van der Waals surface area contributed by atoms with Crippen LogP contribution in [0.5, 0.6) is 0 Å². The molecular formula is C21H19ClF3N7O. The van der Waals surface area contributed by atoms with Crippen molar-refractivity contribution in [2.45, 2.75) is 19.0 Å². The highest BCUT2D eigenvalue weighted by Crippen LogP contribution is 2.33. The second-order valence-electron chi connectivity index (χ2n) is 7.17. The molecule has 12 heteroatoms. The lowest BCUT2D eigenvalue weighted by molar-refractivity contribution is 0.0546. The Bertz CT molecular complexity index is 1240. The van der Waals surface area contributed by atoms with E-state index < -0.39 is 12.4 Å². The zero-order valence-corrected chi connectivity index (χ0v) is 18.1. The fourth-order valence-corrected chi connectivity index (χ4v) is 3.56. The van der Waals surface area contributed by atoms with Crippen LogP contribution in [0.4, 0.5) is 18.9 Å². The van der Waals surface area contributed by atoms with Crippen molar-refractivity contribution in [2.75, 3.05) is 19.5 Å². The van der Waals surface area contributed by atoms with E-state index in [1.54, 1.807) is 30.1 Å². The molecule has 0 fully saturated rings. The van der Waals surface area contributed by atoms with Crippen LogP contribution in [0, 0.1) is 5.82 Å². The Kier molecular flexibility index (Phi) is 6.61. The van der Waals surface area contributed by atoms with Crippen LogP contribution in [-0.2, 0) is 4.74 Å². The second-order valence-corrected chi connectivity index (χ2v) is 7.57. The Morgan fingerprint density at radius 3 is 2.58 bits per heavy atom. The maximum Gasteiger partial charge on any atom is 0.334 e. The lowest BCUT2D eigenvalue weighted by Gasteiger charge is -2.17. The van der Waals surface area contributed by atoms with Crippen LogP contribution in [0.15, 0.2) is 49.1 Å². The zero-order valence-electron chi connectivity index (χ0n) is 17.4. The van der Waals surface area contributed by atoms with E-state index >= 15 is 0 Å². The third-order valence-corrected chi connectivity index (χ3v) is 5.36. The smallest absolute Gasteiger partial charge is 0.334 e. The molecular weight excluding hydrogens is 459 g/mol. The summed E-state index contributed by atoms with van der Waals surface area (Å²) in [4.78, 5) is 4.49. The molecule has 1 aromatic carbocycles. The average molecular weight is 478 g/mol. The number of ether oxygens (including phenoxy) is 1. The van der Waals surface area contributed by atoms with Crippen molar-refractivity contribution in [2.24, 2.45) is 0 Å². The molecule has 2 N–H and O–H groups in total. The molecule has 1 unspecified atom stereocenters. The highest BCUT2D eigenvalue weighted by molar-refractivity contribution is 6.31. The number of anilines is 1. The van der Waals surface area contributed by atoms with Crippen molar-refractivity contribution in [3.8, 4) is 22.4 Å². The highest BCUT2D eigenvalue weighted by atomic mass is 35.5. The highest BCUT2D eigenvalue weighted by Gasteiger charge is 2.20. The number of pyridine rings is 1. The van der Waals surface area contributed by atoms with Gasteiger partial charge in [0.2, 0.25) is 0 Å². The maximum atomic E-state index is 14.5. The molecule has 4 rings (SSSR count). The fourth-order valence-electron chi connectivity index (χ4n) is 3.40. The third kappa shape index (κ3) is 4.69. The molecule has 0 radical (unpaired) electrons. The Hall–Kier alpha value is -3.44. The number of nitrogen functional groups attached to an aromatic ring is 1. The molecule has 0 spiro atoms. The SMILES string of the molecule is COCCC(c1ccc(-c2c(N)ccc(Cl)c2F)cn1)n1cc(-c2cn(C(F)F)nn2)cn1. The van der Waals surface area contributed by atoms with Gasteiger partial charge in [0.15, 0.2) is 5.82 Å². The number of hydrogen-bond donors (Lipinski definition) is 1. The summed E-state index contributed by atoms with van der Waals surface area (Å²) in [5.41, 5.74) is 8.27. The molecule has 0 aliphatic carbocycles. The average Bonchev–Trinajstić information content (AvgIpc) is 3.48.